The van der Waals surface area contributed by atoms with Gasteiger partial charge < -0.3 is 10.2 Å². The van der Waals surface area contributed by atoms with Crippen molar-refractivity contribution in [1.29, 1.82) is 15.8 Å². The first kappa shape index (κ1) is 18.4. The van der Waals surface area contributed by atoms with Gasteiger partial charge in [-0.25, -0.2) is 9.97 Å². The van der Waals surface area contributed by atoms with E-state index in [2.05, 4.69) is 15.3 Å². The van der Waals surface area contributed by atoms with E-state index in [-0.39, 0.29) is 11.3 Å². The molecule has 1 heterocycles. The minimum atomic E-state index is -0.254. The van der Waals surface area contributed by atoms with Gasteiger partial charge in [-0.15, -0.1) is 0 Å². The van der Waals surface area contributed by atoms with Crippen molar-refractivity contribution in [1.82, 2.24) is 9.97 Å². The van der Waals surface area contributed by atoms with E-state index in [4.69, 9.17) is 15.8 Å². The van der Waals surface area contributed by atoms with Crippen LogP contribution >= 0.6 is 0 Å². The van der Waals surface area contributed by atoms with Gasteiger partial charge in [-0.05, 0) is 51.1 Å². The van der Waals surface area contributed by atoms with E-state index in [1.807, 2.05) is 49.9 Å². The Bertz CT molecular complexity index is 917. The molecule has 0 spiro atoms. The summed E-state index contributed by atoms with van der Waals surface area (Å²) in [6.45, 7) is 6.55. The van der Waals surface area contributed by atoms with Crippen LogP contribution in [0.3, 0.4) is 0 Å². The predicted octanol–water partition coefficient (Wildman–Crippen LogP) is 3.49. The third-order valence-electron chi connectivity index (χ3n) is 3.56. The van der Waals surface area contributed by atoms with E-state index >= 15 is 0 Å². The summed E-state index contributed by atoms with van der Waals surface area (Å²) in [6, 6.07) is 14.4. The lowest BCUT2D eigenvalue weighted by Crippen LogP contribution is -2.19. The van der Waals surface area contributed by atoms with Crippen LogP contribution in [-0.4, -0.2) is 16.5 Å². The van der Waals surface area contributed by atoms with Crippen molar-refractivity contribution >= 4 is 17.3 Å². The highest BCUT2D eigenvalue weighted by molar-refractivity contribution is 5.64. The van der Waals surface area contributed by atoms with Crippen molar-refractivity contribution in [3.8, 4) is 18.2 Å². The second kappa shape index (κ2) is 8.28. The average molecular weight is 343 g/mol. The third-order valence-corrected chi connectivity index (χ3v) is 3.56. The summed E-state index contributed by atoms with van der Waals surface area (Å²) in [6.07, 6.45) is 0. The van der Waals surface area contributed by atoms with Crippen LogP contribution in [0.15, 0.2) is 41.6 Å². The van der Waals surface area contributed by atoms with Crippen LogP contribution in [0.25, 0.3) is 0 Å². The van der Waals surface area contributed by atoms with E-state index in [1.54, 1.807) is 24.3 Å². The number of hydrogen-bond acceptors (Lipinski definition) is 7. The second-order valence-corrected chi connectivity index (χ2v) is 5.45. The Labute approximate surface area is 152 Å². The van der Waals surface area contributed by atoms with Crippen molar-refractivity contribution in [3.63, 3.8) is 0 Å². The smallest absolute Gasteiger partial charge is 0.230 e. The zero-order chi connectivity index (χ0) is 19.1. The molecule has 26 heavy (non-hydrogen) atoms. The van der Waals surface area contributed by atoms with Gasteiger partial charge in [-0.1, -0.05) is 0 Å². The van der Waals surface area contributed by atoms with E-state index in [1.165, 1.54) is 0 Å². The highest BCUT2D eigenvalue weighted by Gasteiger charge is 2.12. The molecule has 7 heteroatoms. The highest BCUT2D eigenvalue weighted by atomic mass is 15.3. The number of hydrogen-bond donors (Lipinski definition) is 1. The van der Waals surface area contributed by atoms with Gasteiger partial charge in [-0.2, -0.15) is 15.8 Å². The molecule has 2 rings (SSSR count). The zero-order valence-electron chi connectivity index (χ0n) is 14.8. The Hall–Kier alpha value is -3.89. The number of nitriles is 3. The minimum Gasteiger partial charge on any atom is -0.345 e. The lowest BCUT2D eigenvalue weighted by atomic mass is 10.2. The molecule has 1 aromatic heterocycles. The van der Waals surface area contributed by atoms with Crippen molar-refractivity contribution in [2.24, 2.45) is 0 Å². The lowest BCUT2D eigenvalue weighted by Gasteiger charge is -2.22. The molecule has 128 valence electrons. The summed E-state index contributed by atoms with van der Waals surface area (Å²) in [5.41, 5.74) is 2.96. The van der Waals surface area contributed by atoms with Gasteiger partial charge in [0.05, 0.1) is 0 Å². The maximum atomic E-state index is 9.10. The molecule has 0 aliphatic rings. The molecule has 0 saturated heterocycles. The van der Waals surface area contributed by atoms with Gasteiger partial charge in [0.25, 0.3) is 0 Å². The fourth-order valence-corrected chi connectivity index (χ4v) is 2.42. The van der Waals surface area contributed by atoms with Crippen molar-refractivity contribution < 1.29 is 0 Å². The van der Waals surface area contributed by atoms with Crippen molar-refractivity contribution in [3.05, 3.63) is 53.0 Å². The van der Waals surface area contributed by atoms with E-state index in [0.717, 1.165) is 17.1 Å². The third kappa shape index (κ3) is 4.14. The molecular formula is C19H17N7. The maximum Gasteiger partial charge on any atom is 0.230 e. The molecule has 7 nitrogen and oxygen atoms in total. The molecule has 0 atom stereocenters. The summed E-state index contributed by atoms with van der Waals surface area (Å²) in [5.74, 6) is 0.625. The SMILES string of the molecule is CCN(c1ccc(NC(C#N)=C(C#N)C#N)cc1)c1nc(C)cc(C)n1. The molecule has 0 bridgehead atoms. The number of aryl methyl sites for hydroxylation is 2. The topological polar surface area (TPSA) is 112 Å². The summed E-state index contributed by atoms with van der Waals surface area (Å²) >= 11 is 0. The number of allylic oxidation sites excluding steroid dienone is 2. The van der Waals surface area contributed by atoms with Gasteiger partial charge in [0.15, 0.2) is 5.57 Å². The van der Waals surface area contributed by atoms with Gasteiger partial charge in [0.1, 0.15) is 23.9 Å². The molecule has 0 unspecified atom stereocenters. The maximum absolute atomic E-state index is 9.10. The lowest BCUT2D eigenvalue weighted by molar-refractivity contribution is 0.920. The van der Waals surface area contributed by atoms with Gasteiger partial charge >= 0.3 is 0 Å². The fraction of sp³-hybridized carbons (Fsp3) is 0.211. The molecular weight excluding hydrogens is 326 g/mol. The molecule has 0 saturated carbocycles. The van der Waals surface area contributed by atoms with Crippen molar-refractivity contribution in [2.75, 3.05) is 16.8 Å². The standard InChI is InChI=1S/C19H17N7/c1-4-26(19-23-13(2)9-14(3)24-19)17-7-5-16(6-8-17)25-18(12-22)15(10-20)11-21/h5-9,25H,4H2,1-3H3. The highest BCUT2D eigenvalue weighted by Crippen LogP contribution is 2.24. The van der Waals surface area contributed by atoms with Crippen molar-refractivity contribution in [2.45, 2.75) is 20.8 Å². The van der Waals surface area contributed by atoms with Crippen LogP contribution in [-0.2, 0) is 0 Å². The minimum absolute atomic E-state index is 0.0762. The van der Waals surface area contributed by atoms with E-state index in [0.29, 0.717) is 18.2 Å². The number of aromatic nitrogens is 2. The monoisotopic (exact) mass is 343 g/mol. The number of benzene rings is 1. The average Bonchev–Trinajstić information content (AvgIpc) is 2.63. The van der Waals surface area contributed by atoms with E-state index in [9.17, 15) is 0 Å². The Morgan fingerprint density at radius 1 is 1.00 bits per heavy atom. The van der Waals surface area contributed by atoms with Crippen LogP contribution in [0.5, 0.6) is 0 Å². The second-order valence-electron chi connectivity index (χ2n) is 5.45. The summed E-state index contributed by atoms with van der Waals surface area (Å²) in [5, 5.41) is 29.7. The Balaban J connectivity index is 2.31. The normalized spacial score (nSPS) is 9.38. The number of rotatable bonds is 5. The molecule has 0 aliphatic heterocycles. The van der Waals surface area contributed by atoms with Crippen LogP contribution in [0, 0.1) is 47.8 Å². The molecule has 0 radical (unpaired) electrons. The first-order valence-corrected chi connectivity index (χ1v) is 7.93. The van der Waals surface area contributed by atoms with E-state index < -0.39 is 0 Å². The first-order chi connectivity index (χ1) is 12.5. The van der Waals surface area contributed by atoms with Crippen LogP contribution in [0.2, 0.25) is 0 Å². The summed E-state index contributed by atoms with van der Waals surface area (Å²) in [7, 11) is 0. The zero-order valence-corrected chi connectivity index (χ0v) is 14.8. The fourth-order valence-electron chi connectivity index (χ4n) is 2.42. The first-order valence-electron chi connectivity index (χ1n) is 7.93. The molecule has 0 amide bonds. The largest absolute Gasteiger partial charge is 0.345 e. The van der Waals surface area contributed by atoms with Crippen LogP contribution < -0.4 is 10.2 Å². The van der Waals surface area contributed by atoms with Gasteiger partial charge in [0, 0.05) is 29.3 Å². The molecule has 0 aliphatic carbocycles. The Morgan fingerprint density at radius 2 is 1.58 bits per heavy atom. The van der Waals surface area contributed by atoms with Gasteiger partial charge in [0.2, 0.25) is 5.95 Å². The predicted molar refractivity (Wildman–Crippen MR) is 98.1 cm³/mol. The Morgan fingerprint density at radius 3 is 2.04 bits per heavy atom. The van der Waals surface area contributed by atoms with Crippen LogP contribution in [0.1, 0.15) is 18.3 Å². The molecule has 1 aromatic carbocycles. The summed E-state index contributed by atoms with van der Waals surface area (Å²) in [4.78, 5) is 10.9. The number of nitrogens with one attached hydrogen (secondary N) is 1. The number of nitrogens with zero attached hydrogens (tertiary/aromatic N) is 6. The van der Waals surface area contributed by atoms with Gasteiger partial charge in [-0.3, -0.25) is 0 Å². The number of anilines is 3. The quantitative estimate of drug-likeness (QED) is 0.827. The summed E-state index contributed by atoms with van der Waals surface area (Å²) < 4.78 is 0. The molecule has 2 aromatic rings. The molecule has 1 N–H and O–H groups in total. The Kier molecular flexibility index (Phi) is 5.88. The molecule has 0 fully saturated rings. The van der Waals surface area contributed by atoms with Crippen LogP contribution in [0.4, 0.5) is 17.3 Å².